The second-order valence-electron chi connectivity index (χ2n) is 4.35. The summed E-state index contributed by atoms with van der Waals surface area (Å²) in [5.74, 6) is 0.660. The van der Waals surface area contributed by atoms with Crippen LogP contribution in [0.15, 0.2) is 47.3 Å². The highest BCUT2D eigenvalue weighted by Crippen LogP contribution is 2.31. The molecule has 1 heterocycles. The Morgan fingerprint density at radius 3 is 2.47 bits per heavy atom. The van der Waals surface area contributed by atoms with E-state index in [0.29, 0.717) is 13.2 Å². The van der Waals surface area contributed by atoms with Gasteiger partial charge in [0.15, 0.2) is 0 Å². The van der Waals surface area contributed by atoms with Crippen molar-refractivity contribution in [2.45, 2.75) is 18.9 Å². The number of hydrogen-bond acceptors (Lipinski definition) is 4. The zero-order chi connectivity index (χ0) is 13.7. The Hall–Kier alpha value is -1.78. The molecule has 0 fully saturated rings. The molecule has 0 bridgehead atoms. The molecule has 0 aliphatic heterocycles. The molecule has 0 aliphatic rings. The van der Waals surface area contributed by atoms with Gasteiger partial charge in [-0.1, -0.05) is 12.1 Å². The molecule has 2 rings (SSSR count). The number of ether oxygens (including phenoxy) is 1. The second-order valence-corrected chi connectivity index (χ2v) is 4.35. The molecule has 0 amide bonds. The second kappa shape index (κ2) is 6.41. The average Bonchev–Trinajstić information content (AvgIpc) is 2.96. The number of aliphatic hydroxyl groups is 1. The van der Waals surface area contributed by atoms with E-state index in [9.17, 15) is 5.11 Å². The van der Waals surface area contributed by atoms with Crippen LogP contribution in [0.25, 0.3) is 0 Å². The largest absolute Gasteiger partial charge is 0.494 e. The Morgan fingerprint density at radius 1 is 1.21 bits per heavy atom. The van der Waals surface area contributed by atoms with E-state index in [1.165, 1.54) is 0 Å². The number of aliphatic hydroxyl groups excluding tert-OH is 1. The maximum absolute atomic E-state index is 10.3. The van der Waals surface area contributed by atoms with Gasteiger partial charge in [0, 0.05) is 18.0 Å². The van der Waals surface area contributed by atoms with Gasteiger partial charge in [0.1, 0.15) is 5.75 Å². The summed E-state index contributed by atoms with van der Waals surface area (Å²) < 4.78 is 10.4. The molecule has 0 saturated heterocycles. The lowest BCUT2D eigenvalue weighted by molar-refractivity contribution is 0.146. The Morgan fingerprint density at radius 2 is 1.95 bits per heavy atom. The molecule has 2 aromatic rings. The van der Waals surface area contributed by atoms with E-state index in [-0.39, 0.29) is 5.92 Å². The van der Waals surface area contributed by atoms with Crippen LogP contribution >= 0.6 is 0 Å². The van der Waals surface area contributed by atoms with Gasteiger partial charge in [-0.25, -0.2) is 0 Å². The van der Waals surface area contributed by atoms with Crippen molar-refractivity contribution in [3.05, 3.63) is 54.0 Å². The fraction of sp³-hybridized carbons (Fsp3) is 0.333. The summed E-state index contributed by atoms with van der Waals surface area (Å²) in [6.07, 6.45) is 2.42. The minimum Gasteiger partial charge on any atom is -0.494 e. The molecule has 0 radical (unpaired) electrons. The van der Waals surface area contributed by atoms with E-state index in [2.05, 4.69) is 0 Å². The van der Waals surface area contributed by atoms with Gasteiger partial charge in [-0.2, -0.15) is 0 Å². The van der Waals surface area contributed by atoms with Crippen molar-refractivity contribution < 1.29 is 14.3 Å². The average molecular weight is 261 g/mol. The summed E-state index contributed by atoms with van der Waals surface area (Å²) in [4.78, 5) is 0. The molecular weight excluding hydrogens is 242 g/mol. The monoisotopic (exact) mass is 261 g/mol. The van der Waals surface area contributed by atoms with Crippen LogP contribution in [0.5, 0.6) is 5.75 Å². The highest BCUT2D eigenvalue weighted by Gasteiger charge is 2.22. The first kappa shape index (κ1) is 13.6. The summed E-state index contributed by atoms with van der Waals surface area (Å²) in [5, 5.41) is 10.3. The molecule has 0 aliphatic carbocycles. The first-order chi connectivity index (χ1) is 9.26. The van der Waals surface area contributed by atoms with E-state index < -0.39 is 6.10 Å². The van der Waals surface area contributed by atoms with Crippen LogP contribution in [-0.2, 0) is 0 Å². The molecule has 2 unspecified atom stereocenters. The van der Waals surface area contributed by atoms with E-state index in [1.54, 1.807) is 18.6 Å². The molecule has 2 atom stereocenters. The van der Waals surface area contributed by atoms with Gasteiger partial charge in [0.05, 0.1) is 25.2 Å². The fourth-order valence-corrected chi connectivity index (χ4v) is 2.10. The zero-order valence-corrected chi connectivity index (χ0v) is 11.0. The van der Waals surface area contributed by atoms with E-state index in [1.807, 2.05) is 31.2 Å². The third-order valence-corrected chi connectivity index (χ3v) is 3.14. The van der Waals surface area contributed by atoms with Crippen molar-refractivity contribution in [3.63, 3.8) is 0 Å². The number of furan rings is 1. The van der Waals surface area contributed by atoms with Crippen molar-refractivity contribution in [2.75, 3.05) is 13.2 Å². The quantitative estimate of drug-likeness (QED) is 0.838. The number of nitrogens with two attached hydrogens (primary N) is 1. The number of hydrogen-bond donors (Lipinski definition) is 2. The van der Waals surface area contributed by atoms with Gasteiger partial charge in [-0.05, 0) is 30.7 Å². The normalized spacial score (nSPS) is 14.1. The van der Waals surface area contributed by atoms with Crippen LogP contribution in [0.4, 0.5) is 0 Å². The Balaban J connectivity index is 2.17. The van der Waals surface area contributed by atoms with Crippen molar-refractivity contribution >= 4 is 0 Å². The lowest BCUT2D eigenvalue weighted by Crippen LogP contribution is -2.19. The predicted octanol–water partition coefficient (Wildman–Crippen LogP) is 2.45. The molecule has 0 spiro atoms. The molecule has 4 nitrogen and oxygen atoms in total. The van der Waals surface area contributed by atoms with E-state index in [4.69, 9.17) is 14.9 Å². The number of rotatable bonds is 6. The van der Waals surface area contributed by atoms with Crippen molar-refractivity contribution in [1.82, 2.24) is 0 Å². The van der Waals surface area contributed by atoms with Gasteiger partial charge in [0.25, 0.3) is 0 Å². The molecule has 1 aromatic carbocycles. The van der Waals surface area contributed by atoms with Crippen LogP contribution in [0, 0.1) is 0 Å². The molecular formula is C15H19NO3. The summed E-state index contributed by atoms with van der Waals surface area (Å²) >= 11 is 0. The number of benzene rings is 1. The van der Waals surface area contributed by atoms with E-state index in [0.717, 1.165) is 16.9 Å². The van der Waals surface area contributed by atoms with Crippen molar-refractivity contribution in [3.8, 4) is 5.75 Å². The minimum atomic E-state index is -0.665. The summed E-state index contributed by atoms with van der Waals surface area (Å²) in [5.41, 5.74) is 7.51. The molecule has 1 aromatic heterocycles. The van der Waals surface area contributed by atoms with Crippen molar-refractivity contribution in [1.29, 1.82) is 0 Å². The van der Waals surface area contributed by atoms with Crippen LogP contribution in [-0.4, -0.2) is 18.3 Å². The van der Waals surface area contributed by atoms with Gasteiger partial charge in [0.2, 0.25) is 0 Å². The van der Waals surface area contributed by atoms with Gasteiger partial charge in [-0.15, -0.1) is 0 Å². The zero-order valence-electron chi connectivity index (χ0n) is 11.0. The van der Waals surface area contributed by atoms with Gasteiger partial charge < -0.3 is 20.0 Å². The lowest BCUT2D eigenvalue weighted by atomic mass is 9.90. The highest BCUT2D eigenvalue weighted by molar-refractivity contribution is 5.31. The first-order valence-corrected chi connectivity index (χ1v) is 6.39. The van der Waals surface area contributed by atoms with Crippen LogP contribution in [0.1, 0.15) is 30.1 Å². The van der Waals surface area contributed by atoms with Gasteiger partial charge in [-0.3, -0.25) is 0 Å². The van der Waals surface area contributed by atoms with Crippen LogP contribution in [0.2, 0.25) is 0 Å². The lowest BCUT2D eigenvalue weighted by Gasteiger charge is -2.21. The maximum Gasteiger partial charge on any atom is 0.119 e. The van der Waals surface area contributed by atoms with Gasteiger partial charge >= 0.3 is 0 Å². The Labute approximate surface area is 112 Å². The van der Waals surface area contributed by atoms with E-state index >= 15 is 0 Å². The standard InChI is InChI=1S/C15H19NO3/c1-2-19-13-5-3-11(4-6-13)14(9-16)15(17)12-7-8-18-10-12/h3-8,10,14-15,17H,2,9,16H2,1H3. The molecule has 3 N–H and O–H groups in total. The Kier molecular flexibility index (Phi) is 4.60. The topological polar surface area (TPSA) is 68.6 Å². The Bertz CT molecular complexity index is 479. The van der Waals surface area contributed by atoms with Crippen LogP contribution in [0.3, 0.4) is 0 Å². The molecule has 19 heavy (non-hydrogen) atoms. The molecule has 0 saturated carbocycles. The predicted molar refractivity (Wildman–Crippen MR) is 73.1 cm³/mol. The SMILES string of the molecule is CCOc1ccc(C(CN)C(O)c2ccoc2)cc1. The molecule has 102 valence electrons. The molecule has 4 heteroatoms. The maximum atomic E-state index is 10.3. The first-order valence-electron chi connectivity index (χ1n) is 6.39. The van der Waals surface area contributed by atoms with Crippen molar-refractivity contribution in [2.24, 2.45) is 5.73 Å². The smallest absolute Gasteiger partial charge is 0.119 e. The highest BCUT2D eigenvalue weighted by atomic mass is 16.5. The summed E-state index contributed by atoms with van der Waals surface area (Å²) in [6.45, 7) is 2.94. The minimum absolute atomic E-state index is 0.159. The third kappa shape index (κ3) is 3.16. The summed E-state index contributed by atoms with van der Waals surface area (Å²) in [6, 6.07) is 9.41. The fourth-order valence-electron chi connectivity index (χ4n) is 2.10. The van der Waals surface area contributed by atoms with Crippen LogP contribution < -0.4 is 10.5 Å². The summed E-state index contributed by atoms with van der Waals surface area (Å²) in [7, 11) is 0. The third-order valence-electron chi connectivity index (χ3n) is 3.14.